The molecule has 0 spiro atoms. The first-order valence-electron chi connectivity index (χ1n) is 9.70. The smallest absolute Gasteiger partial charge is 0.662 e. The zero-order valence-corrected chi connectivity index (χ0v) is 16.9. The van der Waals surface area contributed by atoms with E-state index in [9.17, 15) is 0 Å². The van der Waals surface area contributed by atoms with Crippen molar-refractivity contribution in [3.8, 4) is 0 Å². The maximum absolute atomic E-state index is 4.78. The monoisotopic (exact) mass is 303 g/mol. The van der Waals surface area contributed by atoms with Gasteiger partial charge in [0.2, 0.25) is 0 Å². The van der Waals surface area contributed by atoms with Gasteiger partial charge in [0.1, 0.15) is 0 Å². The first-order valence-corrected chi connectivity index (χ1v) is 9.70. The minimum Gasteiger partial charge on any atom is -0.662 e. The summed E-state index contributed by atoms with van der Waals surface area (Å²) in [5.41, 5.74) is 1.19. The number of nitrogens with zero attached hydrogens (tertiary/aromatic N) is 1. The van der Waals surface area contributed by atoms with Crippen LogP contribution in [-0.4, -0.2) is 13.1 Å². The molecule has 0 unspecified atom stereocenters. The molecule has 0 bridgehead atoms. The fourth-order valence-corrected chi connectivity index (χ4v) is 3.80. The average molecular weight is 304 g/mol. The van der Waals surface area contributed by atoms with Crippen LogP contribution in [0.15, 0.2) is 0 Å². The van der Waals surface area contributed by atoms with Gasteiger partial charge in [0.05, 0.1) is 0 Å². The average Bonchev–Trinajstić information content (AvgIpc) is 2.55. The van der Waals surface area contributed by atoms with E-state index in [2.05, 4.69) is 41.5 Å². The largest absolute Gasteiger partial charge is 1.00 e. The van der Waals surface area contributed by atoms with Crippen LogP contribution in [0.25, 0.3) is 5.32 Å². The Balaban J connectivity index is 0. The Morgan fingerprint density at radius 2 is 0.818 bits per heavy atom. The van der Waals surface area contributed by atoms with E-state index in [-0.39, 0.29) is 18.9 Å². The normalized spacial score (nSPS) is 12.3. The predicted molar refractivity (Wildman–Crippen MR) is 98.2 cm³/mol. The molecule has 0 aromatic carbocycles. The molecule has 0 aliphatic carbocycles. The minimum absolute atomic E-state index is 0. The molecule has 0 amide bonds. The third kappa shape index (κ3) is 8.42. The summed E-state index contributed by atoms with van der Waals surface area (Å²) in [5, 5.41) is 4.78. The molecule has 0 radical (unpaired) electrons. The van der Waals surface area contributed by atoms with Gasteiger partial charge in [-0.1, -0.05) is 92.9 Å². The van der Waals surface area contributed by atoms with Crippen LogP contribution in [0.1, 0.15) is 106 Å². The van der Waals surface area contributed by atoms with Gasteiger partial charge in [-0.2, -0.15) is 0 Å². The van der Waals surface area contributed by atoms with Crippen LogP contribution in [-0.2, 0) is 0 Å². The second-order valence-corrected chi connectivity index (χ2v) is 7.00. The number of hydrogen-bond donors (Lipinski definition) is 0. The maximum atomic E-state index is 4.78. The molecule has 0 atom stereocenters. The zero-order chi connectivity index (χ0) is 16.2. The van der Waals surface area contributed by atoms with Gasteiger partial charge in [0.15, 0.2) is 0 Å². The zero-order valence-electron chi connectivity index (χ0n) is 16.9. The second-order valence-electron chi connectivity index (χ2n) is 7.00. The van der Waals surface area contributed by atoms with Crippen molar-refractivity contribution in [1.82, 2.24) is 0 Å². The van der Waals surface area contributed by atoms with Crippen molar-refractivity contribution in [2.45, 2.75) is 106 Å². The Labute approximate surface area is 154 Å². The Bertz CT molecular complexity index is 191. The Morgan fingerprint density at radius 3 is 1.05 bits per heavy atom. The van der Waals surface area contributed by atoms with Crippen LogP contribution in [0.2, 0.25) is 0 Å². The van der Waals surface area contributed by atoms with Gasteiger partial charge in [0, 0.05) is 0 Å². The van der Waals surface area contributed by atoms with Gasteiger partial charge in [-0.15, -0.1) is 13.1 Å². The molecule has 0 N–H and O–H groups in total. The molecule has 0 heterocycles. The van der Waals surface area contributed by atoms with E-state index in [0.717, 1.165) is 13.1 Å². The quantitative estimate of drug-likeness (QED) is 0.334. The Kier molecular flexibility index (Phi) is 15.7. The fraction of sp³-hybridized carbons (Fsp3) is 1.00. The molecule has 0 rings (SSSR count). The van der Waals surface area contributed by atoms with E-state index < -0.39 is 0 Å². The number of rotatable bonds is 14. The first kappa shape index (κ1) is 24.8. The molecule has 0 aromatic heterocycles. The molecule has 128 valence electrons. The molecule has 0 saturated heterocycles. The molecular formula is C20H42LiN. The molecule has 1 nitrogen and oxygen atoms in total. The van der Waals surface area contributed by atoms with E-state index >= 15 is 0 Å². The fourth-order valence-electron chi connectivity index (χ4n) is 3.80. The molecule has 0 saturated carbocycles. The van der Waals surface area contributed by atoms with Crippen LogP contribution >= 0.6 is 0 Å². The summed E-state index contributed by atoms with van der Waals surface area (Å²) >= 11 is 0. The summed E-state index contributed by atoms with van der Waals surface area (Å²) < 4.78 is 0. The van der Waals surface area contributed by atoms with E-state index in [1.54, 1.807) is 0 Å². The van der Waals surface area contributed by atoms with Crippen LogP contribution in [0, 0.1) is 10.8 Å². The Hall–Kier alpha value is 0.557. The summed E-state index contributed by atoms with van der Waals surface area (Å²) in [4.78, 5) is 0. The van der Waals surface area contributed by atoms with Crippen LogP contribution < -0.4 is 18.9 Å². The summed E-state index contributed by atoms with van der Waals surface area (Å²) in [7, 11) is 0. The predicted octanol–water partition coefficient (Wildman–Crippen LogP) is 4.36. The topological polar surface area (TPSA) is 14.1 Å². The van der Waals surface area contributed by atoms with Gasteiger partial charge in [-0.25, -0.2) is 0 Å². The van der Waals surface area contributed by atoms with Crippen molar-refractivity contribution in [3.05, 3.63) is 5.32 Å². The van der Waals surface area contributed by atoms with Gasteiger partial charge in [0.25, 0.3) is 0 Å². The van der Waals surface area contributed by atoms with Crippen molar-refractivity contribution < 1.29 is 18.9 Å². The van der Waals surface area contributed by atoms with Crippen molar-refractivity contribution in [1.29, 1.82) is 0 Å². The molecule has 2 heteroatoms. The van der Waals surface area contributed by atoms with E-state index in [1.807, 2.05) is 0 Å². The minimum atomic E-state index is 0. The van der Waals surface area contributed by atoms with Crippen molar-refractivity contribution in [2.24, 2.45) is 10.8 Å². The van der Waals surface area contributed by atoms with Crippen molar-refractivity contribution in [3.63, 3.8) is 0 Å². The summed E-state index contributed by atoms with van der Waals surface area (Å²) in [5.74, 6) is 0. The van der Waals surface area contributed by atoms with Crippen LogP contribution in [0.3, 0.4) is 0 Å². The molecule has 0 aromatic rings. The number of hydrogen-bond acceptors (Lipinski definition) is 0. The van der Waals surface area contributed by atoms with Gasteiger partial charge < -0.3 is 5.32 Å². The maximum Gasteiger partial charge on any atom is 1.00 e. The molecule has 0 fully saturated rings. The van der Waals surface area contributed by atoms with Gasteiger partial charge in [-0.05, 0) is 23.7 Å². The molecular weight excluding hydrogens is 261 g/mol. The van der Waals surface area contributed by atoms with Crippen molar-refractivity contribution in [2.75, 3.05) is 13.1 Å². The third-order valence-corrected chi connectivity index (χ3v) is 6.55. The summed E-state index contributed by atoms with van der Waals surface area (Å²) in [6, 6.07) is 0. The van der Waals surface area contributed by atoms with Gasteiger partial charge >= 0.3 is 18.9 Å². The van der Waals surface area contributed by atoms with Crippen molar-refractivity contribution >= 4 is 0 Å². The SMILES string of the molecule is CCC(CC)(CC)CCC[N-]CCCC(CC)(CC)CC.[Li+]. The Morgan fingerprint density at radius 1 is 0.545 bits per heavy atom. The van der Waals surface area contributed by atoms with Gasteiger partial charge in [-0.3, -0.25) is 0 Å². The van der Waals surface area contributed by atoms with E-state index in [4.69, 9.17) is 5.32 Å². The van der Waals surface area contributed by atoms with E-state index in [0.29, 0.717) is 10.8 Å². The summed E-state index contributed by atoms with van der Waals surface area (Å²) in [6.45, 7) is 16.3. The first-order chi connectivity index (χ1) is 10.1. The molecule has 0 aliphatic heterocycles. The molecule has 22 heavy (non-hydrogen) atoms. The standard InChI is InChI=1S/C20H42N.Li/c1-7-19(8-2,9-3)15-13-17-21-18-14-16-20(10-4,11-5)12-6;/h7-18H2,1-6H3;/q-1;+1. The molecule has 0 aliphatic rings. The van der Waals surface area contributed by atoms with Crippen LogP contribution in [0.5, 0.6) is 0 Å². The van der Waals surface area contributed by atoms with E-state index in [1.165, 1.54) is 64.2 Å². The second kappa shape index (κ2) is 13.9. The third-order valence-electron chi connectivity index (χ3n) is 6.55. The van der Waals surface area contributed by atoms with Crippen LogP contribution in [0.4, 0.5) is 0 Å². The summed E-state index contributed by atoms with van der Waals surface area (Å²) in [6.07, 6.45) is 13.3.